The lowest BCUT2D eigenvalue weighted by atomic mass is 10.1. The summed E-state index contributed by atoms with van der Waals surface area (Å²) in [5.41, 5.74) is 1.84. The van der Waals surface area contributed by atoms with Crippen molar-refractivity contribution in [1.29, 1.82) is 0 Å². The molecule has 5 heteroatoms. The first kappa shape index (κ1) is 10.4. The van der Waals surface area contributed by atoms with Crippen LogP contribution in [0.2, 0.25) is 0 Å². The van der Waals surface area contributed by atoms with E-state index in [0.29, 0.717) is 5.92 Å². The molecule has 17 heavy (non-hydrogen) atoms. The summed E-state index contributed by atoms with van der Waals surface area (Å²) in [7, 11) is 0. The zero-order valence-electron chi connectivity index (χ0n) is 9.66. The molecule has 0 amide bonds. The summed E-state index contributed by atoms with van der Waals surface area (Å²) in [5.74, 6) is 1.22. The normalized spacial score (nSPS) is 11.5. The molecule has 0 bridgehead atoms. The predicted molar refractivity (Wildman–Crippen MR) is 68.2 cm³/mol. The first-order valence-corrected chi connectivity index (χ1v) is 6.40. The lowest BCUT2D eigenvalue weighted by molar-refractivity contribution is 0.765. The van der Waals surface area contributed by atoms with E-state index in [1.165, 1.54) is 0 Å². The van der Waals surface area contributed by atoms with E-state index in [4.69, 9.17) is 0 Å². The minimum absolute atomic E-state index is 0.401. The average Bonchev–Trinajstić information content (AvgIpc) is 2.96. The highest BCUT2D eigenvalue weighted by Crippen LogP contribution is 2.23. The molecule has 0 aromatic carbocycles. The van der Waals surface area contributed by atoms with Crippen molar-refractivity contribution in [2.75, 3.05) is 0 Å². The van der Waals surface area contributed by atoms with Crippen molar-refractivity contribution < 1.29 is 0 Å². The van der Waals surface area contributed by atoms with Gasteiger partial charge < -0.3 is 0 Å². The van der Waals surface area contributed by atoms with Crippen molar-refractivity contribution >= 4 is 17.0 Å². The summed E-state index contributed by atoms with van der Waals surface area (Å²) in [5, 5.41) is 15.0. The van der Waals surface area contributed by atoms with E-state index < -0.39 is 0 Å². The van der Waals surface area contributed by atoms with Crippen LogP contribution in [0, 0.1) is 0 Å². The van der Waals surface area contributed by atoms with Crippen LogP contribution in [0.1, 0.15) is 25.5 Å². The van der Waals surface area contributed by atoms with Crippen molar-refractivity contribution in [2.45, 2.75) is 19.8 Å². The molecule has 0 aliphatic heterocycles. The van der Waals surface area contributed by atoms with Gasteiger partial charge in [0.05, 0.1) is 10.6 Å². The Bertz CT molecular complexity index is 640. The first-order valence-electron chi connectivity index (χ1n) is 5.52. The van der Waals surface area contributed by atoms with Crippen LogP contribution in [0.4, 0.5) is 0 Å². The number of hydrogen-bond acceptors (Lipinski definition) is 4. The Kier molecular flexibility index (Phi) is 2.40. The predicted octanol–water partition coefficient (Wildman–Crippen LogP) is 2.98. The molecule has 0 N–H and O–H groups in total. The average molecular weight is 244 g/mol. The zero-order chi connectivity index (χ0) is 11.8. The lowest BCUT2D eigenvalue weighted by Gasteiger charge is -2.04. The fourth-order valence-electron chi connectivity index (χ4n) is 1.67. The molecule has 86 valence electrons. The van der Waals surface area contributed by atoms with E-state index >= 15 is 0 Å². The molecule has 3 aromatic heterocycles. The molecule has 3 rings (SSSR count). The highest BCUT2D eigenvalue weighted by Gasteiger charge is 2.11. The van der Waals surface area contributed by atoms with Crippen LogP contribution in [0.3, 0.4) is 0 Å². The quantitative estimate of drug-likeness (QED) is 0.696. The zero-order valence-corrected chi connectivity index (χ0v) is 10.5. The van der Waals surface area contributed by atoms with Gasteiger partial charge in [-0.05, 0) is 29.5 Å². The Morgan fingerprint density at radius 2 is 2.06 bits per heavy atom. The second-order valence-electron chi connectivity index (χ2n) is 4.18. The standard InChI is InChI=1S/C12H12N4S/c1-8(2)9-5-6-11-13-14-12(16(11)15-9)10-4-3-7-17-10/h3-8H,1-2H3. The minimum Gasteiger partial charge on any atom is -0.192 e. The summed E-state index contributed by atoms with van der Waals surface area (Å²) in [6.07, 6.45) is 0. The molecule has 3 aromatic rings. The van der Waals surface area contributed by atoms with Gasteiger partial charge in [-0.25, -0.2) is 0 Å². The van der Waals surface area contributed by atoms with E-state index in [0.717, 1.165) is 22.0 Å². The van der Waals surface area contributed by atoms with E-state index in [9.17, 15) is 0 Å². The van der Waals surface area contributed by atoms with Crippen LogP contribution in [0.5, 0.6) is 0 Å². The van der Waals surface area contributed by atoms with Gasteiger partial charge in [-0.2, -0.15) is 9.61 Å². The van der Waals surface area contributed by atoms with Gasteiger partial charge >= 0.3 is 0 Å². The summed E-state index contributed by atoms with van der Waals surface area (Å²) in [4.78, 5) is 1.09. The SMILES string of the molecule is CC(C)c1ccc2nnc(-c3cccs3)n2n1. The van der Waals surface area contributed by atoms with Gasteiger partial charge in [-0.3, -0.25) is 0 Å². The van der Waals surface area contributed by atoms with Crippen molar-refractivity contribution in [3.05, 3.63) is 35.3 Å². The Morgan fingerprint density at radius 1 is 1.18 bits per heavy atom. The minimum atomic E-state index is 0.401. The number of fused-ring (bicyclic) bond motifs is 1. The second kappa shape index (κ2) is 3.92. The molecule has 0 aliphatic carbocycles. The molecule has 0 radical (unpaired) electrons. The number of aromatic nitrogens is 4. The van der Waals surface area contributed by atoms with Crippen molar-refractivity contribution in [3.8, 4) is 10.7 Å². The van der Waals surface area contributed by atoms with Crippen molar-refractivity contribution in [2.24, 2.45) is 0 Å². The molecule has 0 saturated carbocycles. The number of thiophene rings is 1. The van der Waals surface area contributed by atoms with Crippen molar-refractivity contribution in [3.63, 3.8) is 0 Å². The molecule has 0 unspecified atom stereocenters. The molecule has 0 atom stereocenters. The Hall–Kier alpha value is -1.75. The second-order valence-corrected chi connectivity index (χ2v) is 5.13. The molecule has 3 heterocycles. The maximum Gasteiger partial charge on any atom is 0.195 e. The highest BCUT2D eigenvalue weighted by molar-refractivity contribution is 7.13. The third kappa shape index (κ3) is 1.72. The fraction of sp³-hybridized carbons (Fsp3) is 0.250. The monoisotopic (exact) mass is 244 g/mol. The van der Waals surface area contributed by atoms with Gasteiger partial charge in [0.15, 0.2) is 11.5 Å². The third-order valence-corrected chi connectivity index (χ3v) is 3.48. The van der Waals surface area contributed by atoms with E-state index in [2.05, 4.69) is 29.1 Å². The molecule has 4 nitrogen and oxygen atoms in total. The Morgan fingerprint density at radius 3 is 2.76 bits per heavy atom. The number of rotatable bonds is 2. The molecular formula is C12H12N4S. The van der Waals surface area contributed by atoms with Crippen LogP contribution in [-0.4, -0.2) is 19.8 Å². The largest absolute Gasteiger partial charge is 0.195 e. The van der Waals surface area contributed by atoms with Crippen LogP contribution < -0.4 is 0 Å². The summed E-state index contributed by atoms with van der Waals surface area (Å²) in [6, 6.07) is 8.01. The van der Waals surface area contributed by atoms with Crippen molar-refractivity contribution in [1.82, 2.24) is 19.8 Å². The third-order valence-electron chi connectivity index (χ3n) is 2.62. The molecule has 0 fully saturated rings. The number of hydrogen-bond donors (Lipinski definition) is 0. The highest BCUT2D eigenvalue weighted by atomic mass is 32.1. The van der Waals surface area contributed by atoms with Gasteiger partial charge in [0.2, 0.25) is 0 Å². The molecular weight excluding hydrogens is 232 g/mol. The molecule has 0 saturated heterocycles. The summed E-state index contributed by atoms with van der Waals surface area (Å²) in [6.45, 7) is 4.26. The van der Waals surface area contributed by atoms with Crippen LogP contribution >= 0.6 is 11.3 Å². The Labute approximate surface area is 103 Å². The van der Waals surface area contributed by atoms with Gasteiger partial charge in [0.1, 0.15) is 0 Å². The smallest absolute Gasteiger partial charge is 0.192 e. The van der Waals surface area contributed by atoms with Crippen LogP contribution in [0.25, 0.3) is 16.3 Å². The van der Waals surface area contributed by atoms with E-state index in [1.54, 1.807) is 11.3 Å². The van der Waals surface area contributed by atoms with Crippen LogP contribution in [-0.2, 0) is 0 Å². The van der Waals surface area contributed by atoms with Gasteiger partial charge in [-0.15, -0.1) is 21.5 Å². The van der Waals surface area contributed by atoms with E-state index in [1.807, 2.05) is 34.2 Å². The first-order chi connectivity index (χ1) is 8.25. The van der Waals surface area contributed by atoms with E-state index in [-0.39, 0.29) is 0 Å². The summed E-state index contributed by atoms with van der Waals surface area (Å²) >= 11 is 1.65. The van der Waals surface area contributed by atoms with Gasteiger partial charge in [0, 0.05) is 0 Å². The summed E-state index contributed by atoms with van der Waals surface area (Å²) < 4.78 is 1.82. The van der Waals surface area contributed by atoms with Gasteiger partial charge in [0.25, 0.3) is 0 Å². The molecule has 0 aliphatic rings. The lowest BCUT2D eigenvalue weighted by Crippen LogP contribution is -2.00. The maximum absolute atomic E-state index is 4.59. The van der Waals surface area contributed by atoms with Crippen LogP contribution in [0.15, 0.2) is 29.6 Å². The van der Waals surface area contributed by atoms with Gasteiger partial charge in [-0.1, -0.05) is 19.9 Å². The topological polar surface area (TPSA) is 43.1 Å². The molecule has 0 spiro atoms. The Balaban J connectivity index is 2.23. The number of nitrogens with zero attached hydrogens (tertiary/aromatic N) is 4. The fourth-order valence-corrected chi connectivity index (χ4v) is 2.36. The maximum atomic E-state index is 4.59.